The van der Waals surface area contributed by atoms with Gasteiger partial charge in [-0.25, -0.2) is 5.43 Å². The van der Waals surface area contributed by atoms with Gasteiger partial charge >= 0.3 is 0 Å². The Labute approximate surface area is 172 Å². The highest BCUT2D eigenvalue weighted by Crippen LogP contribution is 2.22. The molecule has 2 N–H and O–H groups in total. The SMILES string of the molecule is CCCOc1ccc(-c2cc(C(=O)NN=Cc3ccc(Cl)cc3Cl)[nH]n2)cc1. The summed E-state index contributed by atoms with van der Waals surface area (Å²) in [5.41, 5.74) is 4.89. The van der Waals surface area contributed by atoms with Crippen LogP contribution in [0.4, 0.5) is 0 Å². The van der Waals surface area contributed by atoms with Crippen LogP contribution >= 0.6 is 23.2 Å². The number of nitrogens with zero attached hydrogens (tertiary/aromatic N) is 2. The van der Waals surface area contributed by atoms with Gasteiger partial charge < -0.3 is 4.74 Å². The molecule has 0 saturated heterocycles. The van der Waals surface area contributed by atoms with Gasteiger partial charge in [0.2, 0.25) is 0 Å². The number of carbonyl (C=O) groups is 1. The first-order valence-corrected chi connectivity index (χ1v) is 9.39. The Hall–Kier alpha value is -2.83. The molecule has 0 fully saturated rings. The van der Waals surface area contributed by atoms with Gasteiger partial charge in [0, 0.05) is 16.1 Å². The summed E-state index contributed by atoms with van der Waals surface area (Å²) in [6.07, 6.45) is 2.40. The molecule has 0 atom stereocenters. The quantitative estimate of drug-likeness (QED) is 0.422. The van der Waals surface area contributed by atoms with Crippen LogP contribution in [0.1, 0.15) is 29.4 Å². The second-order valence-electron chi connectivity index (χ2n) is 5.90. The summed E-state index contributed by atoms with van der Waals surface area (Å²) in [5.74, 6) is 0.386. The van der Waals surface area contributed by atoms with Gasteiger partial charge in [0.05, 0.1) is 23.5 Å². The molecule has 0 aliphatic carbocycles. The van der Waals surface area contributed by atoms with Gasteiger partial charge in [0.1, 0.15) is 11.4 Å². The lowest BCUT2D eigenvalue weighted by atomic mass is 10.1. The van der Waals surface area contributed by atoms with Crippen molar-refractivity contribution < 1.29 is 9.53 Å². The minimum Gasteiger partial charge on any atom is -0.494 e. The van der Waals surface area contributed by atoms with Gasteiger partial charge in [-0.05, 0) is 48.9 Å². The normalized spacial score (nSPS) is 11.0. The number of rotatable bonds is 7. The standard InChI is InChI=1S/C20H18Cl2N4O2/c1-2-9-28-16-7-4-13(5-8-16)18-11-19(25-24-18)20(27)26-23-12-14-3-6-15(21)10-17(14)22/h3-8,10-12H,2,9H2,1H3,(H,24,25)(H,26,27). The third kappa shape index (κ3) is 5.12. The number of hydrogen-bond donors (Lipinski definition) is 2. The average Bonchev–Trinajstić information content (AvgIpc) is 3.19. The Morgan fingerprint density at radius 1 is 1.21 bits per heavy atom. The number of H-pyrrole nitrogens is 1. The molecule has 0 radical (unpaired) electrons. The minimum absolute atomic E-state index is 0.292. The maximum atomic E-state index is 12.2. The van der Waals surface area contributed by atoms with Crippen LogP contribution in [0.2, 0.25) is 10.0 Å². The molecule has 0 saturated carbocycles. The van der Waals surface area contributed by atoms with E-state index in [0.717, 1.165) is 17.7 Å². The van der Waals surface area contributed by atoms with Crippen LogP contribution in [-0.4, -0.2) is 28.9 Å². The number of nitrogens with one attached hydrogen (secondary N) is 2. The van der Waals surface area contributed by atoms with Gasteiger partial charge in [-0.3, -0.25) is 9.89 Å². The van der Waals surface area contributed by atoms with E-state index < -0.39 is 5.91 Å². The fourth-order valence-corrected chi connectivity index (χ4v) is 2.81. The minimum atomic E-state index is -0.414. The zero-order valence-corrected chi connectivity index (χ0v) is 16.6. The fraction of sp³-hybridized carbons (Fsp3) is 0.150. The lowest BCUT2D eigenvalue weighted by Gasteiger charge is -2.04. The third-order valence-corrected chi connectivity index (χ3v) is 4.34. The molecule has 6 nitrogen and oxygen atoms in total. The zero-order chi connectivity index (χ0) is 19.9. The van der Waals surface area contributed by atoms with Crippen LogP contribution in [0.3, 0.4) is 0 Å². The number of aromatic amines is 1. The second kappa shape index (κ2) is 9.39. The summed E-state index contributed by atoms with van der Waals surface area (Å²) in [6, 6.07) is 14.2. The number of ether oxygens (including phenoxy) is 1. The maximum Gasteiger partial charge on any atom is 0.289 e. The fourth-order valence-electron chi connectivity index (χ4n) is 2.35. The van der Waals surface area contributed by atoms with Gasteiger partial charge in [0.25, 0.3) is 5.91 Å². The molecule has 8 heteroatoms. The predicted molar refractivity (Wildman–Crippen MR) is 111 cm³/mol. The van der Waals surface area contributed by atoms with Crippen LogP contribution in [0, 0.1) is 0 Å². The van der Waals surface area contributed by atoms with Gasteiger partial charge in [-0.1, -0.05) is 36.2 Å². The summed E-state index contributed by atoms with van der Waals surface area (Å²) in [5, 5.41) is 11.8. The molecular weight excluding hydrogens is 399 g/mol. The van der Waals surface area contributed by atoms with E-state index >= 15 is 0 Å². The number of amides is 1. The molecule has 2 aromatic carbocycles. The van der Waals surface area contributed by atoms with Crippen molar-refractivity contribution in [3.8, 4) is 17.0 Å². The van der Waals surface area contributed by atoms with Crippen molar-refractivity contribution in [1.29, 1.82) is 0 Å². The second-order valence-corrected chi connectivity index (χ2v) is 6.75. The lowest BCUT2D eigenvalue weighted by Crippen LogP contribution is -2.18. The average molecular weight is 417 g/mol. The molecule has 3 aromatic rings. The molecule has 144 valence electrons. The number of carbonyl (C=O) groups excluding carboxylic acids is 1. The molecule has 1 heterocycles. The Morgan fingerprint density at radius 3 is 2.71 bits per heavy atom. The smallest absolute Gasteiger partial charge is 0.289 e. The number of halogens is 2. The molecule has 0 bridgehead atoms. The number of hydrazone groups is 1. The van der Waals surface area contributed by atoms with Crippen LogP contribution in [0.25, 0.3) is 11.3 Å². The molecular formula is C20H18Cl2N4O2. The molecule has 0 aliphatic heterocycles. The third-order valence-electron chi connectivity index (χ3n) is 3.78. The monoisotopic (exact) mass is 416 g/mol. The predicted octanol–water partition coefficient (Wildman–Crippen LogP) is 4.94. The first-order valence-electron chi connectivity index (χ1n) is 8.64. The summed E-state index contributed by atoms with van der Waals surface area (Å²) in [6.45, 7) is 2.73. The largest absolute Gasteiger partial charge is 0.494 e. The van der Waals surface area contributed by atoms with E-state index in [2.05, 4.69) is 27.6 Å². The van der Waals surface area contributed by atoms with Crippen molar-refractivity contribution in [3.63, 3.8) is 0 Å². The van der Waals surface area contributed by atoms with Gasteiger partial charge in [-0.15, -0.1) is 0 Å². The Morgan fingerprint density at radius 2 is 2.00 bits per heavy atom. The molecule has 28 heavy (non-hydrogen) atoms. The van der Waals surface area contributed by atoms with E-state index in [1.165, 1.54) is 6.21 Å². The lowest BCUT2D eigenvalue weighted by molar-refractivity contribution is 0.0950. The van der Waals surface area contributed by atoms with Crippen molar-refractivity contribution in [2.24, 2.45) is 5.10 Å². The summed E-state index contributed by atoms with van der Waals surface area (Å²) < 4.78 is 5.56. The van der Waals surface area contributed by atoms with Crippen LogP contribution in [0.15, 0.2) is 53.6 Å². The van der Waals surface area contributed by atoms with Crippen LogP contribution < -0.4 is 10.2 Å². The Kier molecular flexibility index (Phi) is 6.68. The number of hydrogen-bond acceptors (Lipinski definition) is 4. The molecule has 0 spiro atoms. The van der Waals surface area contributed by atoms with Crippen molar-refractivity contribution in [2.45, 2.75) is 13.3 Å². The van der Waals surface area contributed by atoms with Gasteiger partial charge in [0.15, 0.2) is 0 Å². The Balaban J connectivity index is 1.62. The van der Waals surface area contributed by atoms with E-state index in [9.17, 15) is 4.79 Å². The topological polar surface area (TPSA) is 79.4 Å². The van der Waals surface area contributed by atoms with Crippen molar-refractivity contribution in [2.75, 3.05) is 6.61 Å². The molecule has 1 amide bonds. The van der Waals surface area contributed by atoms with Gasteiger partial charge in [-0.2, -0.15) is 10.2 Å². The molecule has 1 aromatic heterocycles. The molecule has 0 unspecified atom stereocenters. The zero-order valence-electron chi connectivity index (χ0n) is 15.1. The Bertz CT molecular complexity index is 984. The van der Waals surface area contributed by atoms with Crippen molar-refractivity contribution in [1.82, 2.24) is 15.6 Å². The number of aromatic nitrogens is 2. The van der Waals surface area contributed by atoms with E-state index in [4.69, 9.17) is 27.9 Å². The number of benzene rings is 2. The maximum absolute atomic E-state index is 12.2. The highest BCUT2D eigenvalue weighted by Gasteiger charge is 2.10. The van der Waals surface area contributed by atoms with E-state index in [0.29, 0.717) is 33.6 Å². The van der Waals surface area contributed by atoms with Crippen molar-refractivity contribution >= 4 is 35.3 Å². The van der Waals surface area contributed by atoms with E-state index in [-0.39, 0.29) is 0 Å². The molecule has 3 rings (SSSR count). The first-order chi connectivity index (χ1) is 13.6. The highest BCUT2D eigenvalue weighted by atomic mass is 35.5. The van der Waals surface area contributed by atoms with E-state index in [1.54, 1.807) is 24.3 Å². The van der Waals surface area contributed by atoms with Crippen LogP contribution in [-0.2, 0) is 0 Å². The highest BCUT2D eigenvalue weighted by molar-refractivity contribution is 6.36. The summed E-state index contributed by atoms with van der Waals surface area (Å²) in [4.78, 5) is 12.2. The van der Waals surface area contributed by atoms with E-state index in [1.807, 2.05) is 24.3 Å². The van der Waals surface area contributed by atoms with Crippen LogP contribution in [0.5, 0.6) is 5.75 Å². The van der Waals surface area contributed by atoms with Crippen molar-refractivity contribution in [3.05, 3.63) is 69.8 Å². The molecule has 0 aliphatic rings. The summed E-state index contributed by atoms with van der Waals surface area (Å²) >= 11 is 11.9. The first kappa shape index (κ1) is 19.9. The summed E-state index contributed by atoms with van der Waals surface area (Å²) in [7, 11) is 0.